The van der Waals surface area contributed by atoms with Gasteiger partial charge in [0.15, 0.2) is 0 Å². The van der Waals surface area contributed by atoms with E-state index in [1.165, 1.54) is 37.7 Å². The molecule has 0 bridgehead atoms. The highest BCUT2D eigenvalue weighted by Crippen LogP contribution is 2.08. The molecule has 2 aromatic rings. The topological polar surface area (TPSA) is 37.8 Å². The summed E-state index contributed by atoms with van der Waals surface area (Å²) in [6, 6.07) is 10.7. The maximum absolute atomic E-state index is 4.42. The van der Waals surface area contributed by atoms with Gasteiger partial charge in [-0.05, 0) is 44.2 Å². The zero-order chi connectivity index (χ0) is 14.9. The Bertz CT molecular complexity index is 537. The van der Waals surface area contributed by atoms with Gasteiger partial charge in [-0.1, -0.05) is 43.2 Å². The Hall–Kier alpha value is -1.90. The molecule has 0 fully saturated rings. The molecule has 0 atom stereocenters. The van der Waals surface area contributed by atoms with Crippen LogP contribution in [0.4, 0.5) is 5.95 Å². The van der Waals surface area contributed by atoms with Crippen LogP contribution < -0.4 is 5.32 Å². The van der Waals surface area contributed by atoms with Crippen molar-refractivity contribution in [2.75, 3.05) is 11.9 Å². The van der Waals surface area contributed by atoms with Crippen LogP contribution in [0.2, 0.25) is 0 Å². The lowest BCUT2D eigenvalue weighted by Crippen LogP contribution is -2.06. The van der Waals surface area contributed by atoms with Crippen LogP contribution >= 0.6 is 0 Å². The molecular formula is C18H25N3. The Morgan fingerprint density at radius 3 is 2.48 bits per heavy atom. The number of aryl methyl sites for hydroxylation is 3. The molecule has 1 N–H and O–H groups in total. The van der Waals surface area contributed by atoms with Crippen LogP contribution in [0.1, 0.15) is 42.5 Å². The van der Waals surface area contributed by atoms with E-state index < -0.39 is 0 Å². The van der Waals surface area contributed by atoms with Crippen molar-refractivity contribution in [2.24, 2.45) is 0 Å². The second kappa shape index (κ2) is 8.40. The van der Waals surface area contributed by atoms with Gasteiger partial charge >= 0.3 is 0 Å². The van der Waals surface area contributed by atoms with Crippen LogP contribution in [0.15, 0.2) is 36.5 Å². The van der Waals surface area contributed by atoms with Gasteiger partial charge in [0.05, 0.1) is 0 Å². The van der Waals surface area contributed by atoms with Crippen molar-refractivity contribution >= 4 is 5.95 Å². The fraction of sp³-hybridized carbons (Fsp3) is 0.444. The predicted octanol–water partition coefficient (Wildman–Crippen LogP) is 4.31. The van der Waals surface area contributed by atoms with E-state index in [0.29, 0.717) is 0 Å². The molecule has 0 unspecified atom stereocenters. The maximum atomic E-state index is 4.42. The monoisotopic (exact) mass is 283 g/mol. The number of nitrogens with zero attached hydrogens (tertiary/aromatic N) is 2. The molecule has 0 spiro atoms. The molecule has 1 aromatic heterocycles. The number of aromatic nitrogens is 2. The minimum absolute atomic E-state index is 0.752. The van der Waals surface area contributed by atoms with Gasteiger partial charge in [0, 0.05) is 18.4 Å². The summed E-state index contributed by atoms with van der Waals surface area (Å²) in [4.78, 5) is 8.71. The van der Waals surface area contributed by atoms with Crippen LogP contribution in [0.5, 0.6) is 0 Å². The van der Waals surface area contributed by atoms with E-state index in [-0.39, 0.29) is 0 Å². The molecule has 0 radical (unpaired) electrons. The number of anilines is 1. The number of unbranched alkanes of at least 4 members (excludes halogenated alkanes) is 3. The summed E-state index contributed by atoms with van der Waals surface area (Å²) < 4.78 is 0. The average Bonchev–Trinajstić information content (AvgIpc) is 2.51. The number of nitrogens with one attached hydrogen (secondary N) is 1. The fourth-order valence-corrected chi connectivity index (χ4v) is 2.26. The molecular weight excluding hydrogens is 258 g/mol. The molecule has 0 saturated carbocycles. The first-order chi connectivity index (χ1) is 10.3. The summed E-state index contributed by atoms with van der Waals surface area (Å²) in [7, 11) is 0. The van der Waals surface area contributed by atoms with E-state index in [4.69, 9.17) is 0 Å². The Kier molecular flexibility index (Phi) is 6.20. The van der Waals surface area contributed by atoms with Crippen LogP contribution in [-0.4, -0.2) is 16.5 Å². The van der Waals surface area contributed by atoms with Crippen molar-refractivity contribution in [1.29, 1.82) is 0 Å². The summed E-state index contributed by atoms with van der Waals surface area (Å²) in [5.74, 6) is 0.752. The Labute approximate surface area is 127 Å². The van der Waals surface area contributed by atoms with Crippen LogP contribution in [-0.2, 0) is 6.42 Å². The number of hydrogen-bond acceptors (Lipinski definition) is 3. The molecule has 0 saturated heterocycles. The van der Waals surface area contributed by atoms with E-state index in [0.717, 1.165) is 23.8 Å². The minimum atomic E-state index is 0.752. The Balaban J connectivity index is 1.55. The van der Waals surface area contributed by atoms with Crippen molar-refractivity contribution < 1.29 is 0 Å². The van der Waals surface area contributed by atoms with Crippen LogP contribution in [0.3, 0.4) is 0 Å². The van der Waals surface area contributed by atoms with E-state index in [9.17, 15) is 0 Å². The van der Waals surface area contributed by atoms with E-state index in [1.807, 2.05) is 20.0 Å². The molecule has 1 aromatic carbocycles. The molecule has 0 aliphatic carbocycles. The van der Waals surface area contributed by atoms with Gasteiger partial charge < -0.3 is 5.32 Å². The van der Waals surface area contributed by atoms with Gasteiger partial charge in [-0.15, -0.1) is 0 Å². The van der Waals surface area contributed by atoms with Crippen molar-refractivity contribution in [1.82, 2.24) is 9.97 Å². The lowest BCUT2D eigenvalue weighted by atomic mass is 10.1. The molecule has 0 aliphatic heterocycles. The second-order valence-electron chi connectivity index (χ2n) is 5.54. The third kappa shape index (κ3) is 5.54. The fourth-order valence-electron chi connectivity index (χ4n) is 2.26. The molecule has 2 rings (SSSR count). The zero-order valence-electron chi connectivity index (χ0n) is 13.1. The SMILES string of the molecule is Cc1cnc(NCCCCCCc2ccccc2)nc1C. The smallest absolute Gasteiger partial charge is 0.222 e. The number of rotatable bonds is 8. The predicted molar refractivity (Wildman–Crippen MR) is 88.6 cm³/mol. The highest BCUT2D eigenvalue weighted by molar-refractivity contribution is 5.28. The third-order valence-corrected chi connectivity index (χ3v) is 3.74. The van der Waals surface area contributed by atoms with Crippen molar-refractivity contribution in [3.05, 3.63) is 53.3 Å². The largest absolute Gasteiger partial charge is 0.354 e. The molecule has 1 heterocycles. The van der Waals surface area contributed by atoms with Gasteiger partial charge in [0.2, 0.25) is 5.95 Å². The van der Waals surface area contributed by atoms with Gasteiger partial charge in [0.1, 0.15) is 0 Å². The lowest BCUT2D eigenvalue weighted by Gasteiger charge is -2.06. The molecule has 3 heteroatoms. The van der Waals surface area contributed by atoms with Gasteiger partial charge in [-0.3, -0.25) is 0 Å². The first-order valence-electron chi connectivity index (χ1n) is 7.84. The van der Waals surface area contributed by atoms with Gasteiger partial charge in [-0.2, -0.15) is 0 Å². The molecule has 0 amide bonds. The third-order valence-electron chi connectivity index (χ3n) is 3.74. The van der Waals surface area contributed by atoms with Gasteiger partial charge in [0.25, 0.3) is 0 Å². The van der Waals surface area contributed by atoms with Crippen molar-refractivity contribution in [2.45, 2.75) is 46.0 Å². The number of hydrogen-bond donors (Lipinski definition) is 1. The Morgan fingerprint density at radius 1 is 0.952 bits per heavy atom. The highest BCUT2D eigenvalue weighted by Gasteiger charge is 1.99. The van der Waals surface area contributed by atoms with Crippen molar-refractivity contribution in [3.63, 3.8) is 0 Å². The van der Waals surface area contributed by atoms with E-state index >= 15 is 0 Å². The number of benzene rings is 1. The quantitative estimate of drug-likeness (QED) is 0.734. The van der Waals surface area contributed by atoms with Crippen LogP contribution in [0.25, 0.3) is 0 Å². The summed E-state index contributed by atoms with van der Waals surface area (Å²) in [6.45, 7) is 5.01. The average molecular weight is 283 g/mol. The lowest BCUT2D eigenvalue weighted by molar-refractivity contribution is 0.653. The van der Waals surface area contributed by atoms with Gasteiger partial charge in [-0.25, -0.2) is 9.97 Å². The molecule has 0 aliphatic rings. The summed E-state index contributed by atoms with van der Waals surface area (Å²) in [5, 5.41) is 3.30. The normalized spacial score (nSPS) is 10.6. The zero-order valence-corrected chi connectivity index (χ0v) is 13.1. The van der Waals surface area contributed by atoms with Crippen molar-refractivity contribution in [3.8, 4) is 0 Å². The second-order valence-corrected chi connectivity index (χ2v) is 5.54. The molecule has 21 heavy (non-hydrogen) atoms. The molecule has 3 nitrogen and oxygen atoms in total. The van der Waals surface area contributed by atoms with Crippen LogP contribution in [0, 0.1) is 13.8 Å². The summed E-state index contributed by atoms with van der Waals surface area (Å²) in [6.07, 6.45) is 8.04. The Morgan fingerprint density at radius 2 is 1.71 bits per heavy atom. The maximum Gasteiger partial charge on any atom is 0.222 e. The van der Waals surface area contributed by atoms with E-state index in [1.54, 1.807) is 0 Å². The molecule has 112 valence electrons. The summed E-state index contributed by atoms with van der Waals surface area (Å²) >= 11 is 0. The minimum Gasteiger partial charge on any atom is -0.354 e. The van der Waals surface area contributed by atoms with E-state index in [2.05, 4.69) is 45.6 Å². The standard InChI is InChI=1S/C18H25N3/c1-15-14-20-18(21-16(15)2)19-13-9-4-3-6-10-17-11-7-5-8-12-17/h5,7-8,11-12,14H,3-4,6,9-10,13H2,1-2H3,(H,19,20,21). The highest BCUT2D eigenvalue weighted by atomic mass is 15.1. The first kappa shape index (κ1) is 15.5. The first-order valence-corrected chi connectivity index (χ1v) is 7.84. The summed E-state index contributed by atoms with van der Waals surface area (Å²) in [5.41, 5.74) is 3.64.